The molecule has 0 aromatic heterocycles. The summed E-state index contributed by atoms with van der Waals surface area (Å²) >= 11 is 0. The summed E-state index contributed by atoms with van der Waals surface area (Å²) in [7, 11) is 1.45. The van der Waals surface area contributed by atoms with E-state index in [0.717, 1.165) is 44.9 Å². The Hall–Kier alpha value is -1.84. The maximum absolute atomic E-state index is 12.8. The first-order valence-corrected chi connectivity index (χ1v) is 9.03. The smallest absolute Gasteiger partial charge is 0.338 e. The van der Waals surface area contributed by atoms with Crippen molar-refractivity contribution in [3.63, 3.8) is 0 Å². The van der Waals surface area contributed by atoms with Crippen molar-refractivity contribution in [2.75, 3.05) is 7.11 Å². The quantitative estimate of drug-likeness (QED) is 0.779. The average Bonchev–Trinajstić information content (AvgIpc) is 3.07. The fourth-order valence-corrected chi connectivity index (χ4v) is 4.61. The van der Waals surface area contributed by atoms with E-state index in [1.54, 1.807) is 12.1 Å². The van der Waals surface area contributed by atoms with Crippen molar-refractivity contribution in [3.05, 3.63) is 35.9 Å². The highest BCUT2D eigenvalue weighted by Gasteiger charge is 2.56. The topological polar surface area (TPSA) is 52.6 Å². The van der Waals surface area contributed by atoms with Crippen LogP contribution in [0.2, 0.25) is 0 Å². The van der Waals surface area contributed by atoms with Crippen LogP contribution in [0.5, 0.6) is 0 Å². The molecule has 1 aromatic carbocycles. The number of benzene rings is 1. The zero-order valence-electron chi connectivity index (χ0n) is 14.3. The Bertz CT molecular complexity index is 577. The molecule has 4 heteroatoms. The van der Waals surface area contributed by atoms with Gasteiger partial charge < -0.3 is 9.47 Å². The number of carbonyl (C=O) groups excluding carboxylic acids is 2. The molecule has 0 heterocycles. The standard InChI is InChI=1S/C20H26O4/c1-23-19(22)20(16-11-6-3-7-12-16)14-8-13-17(20)24-18(21)15-9-4-2-5-10-15/h2,4-5,9-10,16-17H,3,6-8,11-14H2,1H3. The van der Waals surface area contributed by atoms with E-state index in [2.05, 4.69) is 0 Å². The van der Waals surface area contributed by atoms with Crippen molar-refractivity contribution in [2.45, 2.75) is 57.5 Å². The highest BCUT2D eigenvalue weighted by atomic mass is 16.6. The maximum Gasteiger partial charge on any atom is 0.338 e. The van der Waals surface area contributed by atoms with Gasteiger partial charge in [-0.1, -0.05) is 37.5 Å². The summed E-state index contributed by atoms with van der Waals surface area (Å²) in [6, 6.07) is 9.00. The molecule has 3 rings (SSSR count). The second-order valence-electron chi connectivity index (χ2n) is 7.02. The minimum absolute atomic E-state index is 0.197. The van der Waals surface area contributed by atoms with Gasteiger partial charge in [0.25, 0.3) is 0 Å². The lowest BCUT2D eigenvalue weighted by atomic mass is 9.66. The monoisotopic (exact) mass is 330 g/mol. The summed E-state index contributed by atoms with van der Waals surface area (Å²) in [5.41, 5.74) is -0.119. The van der Waals surface area contributed by atoms with Crippen LogP contribution < -0.4 is 0 Å². The molecule has 0 bridgehead atoms. The van der Waals surface area contributed by atoms with Crippen LogP contribution in [0.1, 0.15) is 61.7 Å². The van der Waals surface area contributed by atoms with Crippen molar-refractivity contribution in [1.82, 2.24) is 0 Å². The molecule has 2 aliphatic carbocycles. The lowest BCUT2D eigenvalue weighted by molar-refractivity contribution is -0.165. The van der Waals surface area contributed by atoms with Gasteiger partial charge in [0.2, 0.25) is 0 Å². The van der Waals surface area contributed by atoms with Crippen LogP contribution in [0.25, 0.3) is 0 Å². The van der Waals surface area contributed by atoms with Crippen LogP contribution >= 0.6 is 0 Å². The van der Waals surface area contributed by atoms with Crippen LogP contribution in [0.15, 0.2) is 30.3 Å². The van der Waals surface area contributed by atoms with Gasteiger partial charge in [-0.05, 0) is 50.2 Å². The normalized spacial score (nSPS) is 27.6. The van der Waals surface area contributed by atoms with E-state index in [-0.39, 0.29) is 24.0 Å². The third kappa shape index (κ3) is 3.06. The van der Waals surface area contributed by atoms with E-state index in [0.29, 0.717) is 5.56 Å². The molecule has 2 aliphatic rings. The van der Waals surface area contributed by atoms with Gasteiger partial charge in [0.15, 0.2) is 0 Å². The molecule has 1 aromatic rings. The Morgan fingerprint density at radius 1 is 1.00 bits per heavy atom. The Balaban J connectivity index is 1.84. The third-order valence-corrected chi connectivity index (χ3v) is 5.79. The van der Waals surface area contributed by atoms with Crippen LogP contribution in [0.4, 0.5) is 0 Å². The van der Waals surface area contributed by atoms with Gasteiger partial charge in [0.1, 0.15) is 11.5 Å². The first-order valence-electron chi connectivity index (χ1n) is 9.03. The molecule has 0 amide bonds. The Morgan fingerprint density at radius 2 is 1.71 bits per heavy atom. The van der Waals surface area contributed by atoms with Gasteiger partial charge in [0.05, 0.1) is 12.7 Å². The first-order chi connectivity index (χ1) is 11.7. The molecule has 24 heavy (non-hydrogen) atoms. The lowest BCUT2D eigenvalue weighted by Gasteiger charge is -2.41. The highest BCUT2D eigenvalue weighted by Crippen LogP contribution is 2.52. The van der Waals surface area contributed by atoms with Crippen molar-refractivity contribution >= 4 is 11.9 Å². The molecule has 2 fully saturated rings. The summed E-state index contributed by atoms with van der Waals surface area (Å²) < 4.78 is 11.0. The van der Waals surface area contributed by atoms with Gasteiger partial charge in [-0.3, -0.25) is 4.79 Å². The molecular weight excluding hydrogens is 304 g/mol. The van der Waals surface area contributed by atoms with Crippen LogP contribution in [-0.4, -0.2) is 25.2 Å². The molecule has 0 radical (unpaired) electrons. The Labute approximate surface area is 143 Å². The lowest BCUT2D eigenvalue weighted by Crippen LogP contribution is -2.48. The summed E-state index contributed by atoms with van der Waals surface area (Å²) in [5.74, 6) is -0.279. The largest absolute Gasteiger partial charge is 0.468 e. The van der Waals surface area contributed by atoms with Crippen molar-refractivity contribution < 1.29 is 19.1 Å². The molecule has 2 atom stereocenters. The van der Waals surface area contributed by atoms with Crippen LogP contribution in [0, 0.1) is 11.3 Å². The summed E-state index contributed by atoms with van der Waals surface area (Å²) in [5, 5.41) is 0. The number of hydrogen-bond donors (Lipinski definition) is 0. The second-order valence-corrected chi connectivity index (χ2v) is 7.02. The van der Waals surface area contributed by atoms with Crippen molar-refractivity contribution in [1.29, 1.82) is 0 Å². The molecule has 0 saturated heterocycles. The van der Waals surface area contributed by atoms with Crippen LogP contribution in [-0.2, 0) is 14.3 Å². The summed E-state index contributed by atoms with van der Waals surface area (Å²) in [6.45, 7) is 0. The maximum atomic E-state index is 12.8. The molecular formula is C20H26O4. The average molecular weight is 330 g/mol. The van der Waals surface area contributed by atoms with E-state index >= 15 is 0 Å². The number of ether oxygens (including phenoxy) is 2. The number of esters is 2. The zero-order chi connectivity index (χ0) is 17.0. The molecule has 2 saturated carbocycles. The molecule has 2 unspecified atom stereocenters. The number of hydrogen-bond acceptors (Lipinski definition) is 4. The summed E-state index contributed by atoms with van der Waals surface area (Å²) in [4.78, 5) is 25.3. The first kappa shape index (κ1) is 17.0. The fraction of sp³-hybridized carbons (Fsp3) is 0.600. The van der Waals surface area contributed by atoms with E-state index in [4.69, 9.17) is 9.47 Å². The number of methoxy groups -OCH3 is 1. The van der Waals surface area contributed by atoms with E-state index < -0.39 is 5.41 Å². The summed E-state index contributed by atoms with van der Waals surface area (Å²) in [6.07, 6.45) is 7.58. The van der Waals surface area contributed by atoms with Gasteiger partial charge >= 0.3 is 11.9 Å². The molecule has 0 N–H and O–H groups in total. The van der Waals surface area contributed by atoms with Gasteiger partial charge in [0, 0.05) is 0 Å². The molecule has 4 nitrogen and oxygen atoms in total. The Morgan fingerprint density at radius 3 is 2.38 bits per heavy atom. The van der Waals surface area contributed by atoms with E-state index in [9.17, 15) is 9.59 Å². The molecule has 130 valence electrons. The fourth-order valence-electron chi connectivity index (χ4n) is 4.61. The van der Waals surface area contributed by atoms with Crippen molar-refractivity contribution in [2.24, 2.45) is 11.3 Å². The Kier molecular flexibility index (Phi) is 5.22. The van der Waals surface area contributed by atoms with Gasteiger partial charge in [-0.15, -0.1) is 0 Å². The highest BCUT2D eigenvalue weighted by molar-refractivity contribution is 5.90. The number of carbonyl (C=O) groups is 2. The number of rotatable bonds is 4. The van der Waals surface area contributed by atoms with Gasteiger partial charge in [-0.2, -0.15) is 0 Å². The van der Waals surface area contributed by atoms with Crippen LogP contribution in [0.3, 0.4) is 0 Å². The van der Waals surface area contributed by atoms with Crippen molar-refractivity contribution in [3.8, 4) is 0 Å². The van der Waals surface area contributed by atoms with Gasteiger partial charge in [-0.25, -0.2) is 4.79 Å². The van der Waals surface area contributed by atoms with E-state index in [1.165, 1.54) is 13.5 Å². The minimum Gasteiger partial charge on any atom is -0.468 e. The SMILES string of the molecule is COC(=O)C1(C2CCCCC2)CCCC1OC(=O)c1ccccc1. The third-order valence-electron chi connectivity index (χ3n) is 5.79. The predicted molar refractivity (Wildman–Crippen MR) is 90.5 cm³/mol. The zero-order valence-corrected chi connectivity index (χ0v) is 14.3. The molecule has 0 spiro atoms. The second kappa shape index (κ2) is 7.37. The predicted octanol–water partition coefficient (Wildman–Crippen LogP) is 4.14. The molecule has 0 aliphatic heterocycles. The van der Waals surface area contributed by atoms with E-state index in [1.807, 2.05) is 18.2 Å². The minimum atomic E-state index is -0.653.